The predicted octanol–water partition coefficient (Wildman–Crippen LogP) is 0.451. The molecule has 0 bridgehead atoms. The third-order valence-corrected chi connectivity index (χ3v) is 2.59. The second-order valence-corrected chi connectivity index (χ2v) is 5.80. The van der Waals surface area contributed by atoms with Crippen LogP contribution in [0.5, 0.6) is 0 Å². The number of carbonyl (C=O) groups excluding carboxylic acids is 1. The lowest BCUT2D eigenvalue weighted by Crippen LogP contribution is -2.39. The Hall–Kier alpha value is -0.580. The molecular formula is C7H15NO3S. The molecule has 0 unspecified atom stereocenters. The van der Waals surface area contributed by atoms with Crippen LogP contribution in [0.1, 0.15) is 20.8 Å². The molecule has 0 aliphatic rings. The van der Waals surface area contributed by atoms with Crippen LogP contribution in [0.15, 0.2) is 0 Å². The van der Waals surface area contributed by atoms with Gasteiger partial charge in [-0.05, 0) is 0 Å². The van der Waals surface area contributed by atoms with Gasteiger partial charge in [0.05, 0.1) is 6.26 Å². The molecule has 12 heavy (non-hydrogen) atoms. The highest BCUT2D eigenvalue weighted by Gasteiger charge is 2.29. The van der Waals surface area contributed by atoms with E-state index in [1.807, 2.05) is 0 Å². The summed E-state index contributed by atoms with van der Waals surface area (Å²) >= 11 is 0. The van der Waals surface area contributed by atoms with Gasteiger partial charge < -0.3 is 0 Å². The topological polar surface area (TPSA) is 54.5 Å². The van der Waals surface area contributed by atoms with Crippen molar-refractivity contribution in [2.24, 2.45) is 5.41 Å². The number of hydrogen-bond acceptors (Lipinski definition) is 3. The number of carbonyl (C=O) groups is 1. The number of sulfonamides is 1. The van der Waals surface area contributed by atoms with Crippen molar-refractivity contribution in [3.63, 3.8) is 0 Å². The molecule has 0 fully saturated rings. The van der Waals surface area contributed by atoms with Crippen LogP contribution in [0.4, 0.5) is 0 Å². The Bertz CT molecular complexity index is 274. The van der Waals surface area contributed by atoms with Gasteiger partial charge in [0.15, 0.2) is 0 Å². The molecule has 0 atom stereocenters. The third kappa shape index (κ3) is 2.81. The highest BCUT2D eigenvalue weighted by molar-refractivity contribution is 7.88. The van der Waals surface area contributed by atoms with Crippen LogP contribution in [0, 0.1) is 5.41 Å². The molecule has 1 amide bonds. The molecule has 0 heterocycles. The third-order valence-electron chi connectivity index (χ3n) is 1.43. The quantitative estimate of drug-likeness (QED) is 0.607. The fourth-order valence-electron chi connectivity index (χ4n) is 0.623. The Morgan fingerprint density at radius 1 is 1.25 bits per heavy atom. The van der Waals surface area contributed by atoms with Gasteiger partial charge >= 0.3 is 0 Å². The molecule has 0 aliphatic carbocycles. The first-order valence-electron chi connectivity index (χ1n) is 3.55. The summed E-state index contributed by atoms with van der Waals surface area (Å²) in [6.45, 7) is 5.03. The van der Waals surface area contributed by atoms with Crippen LogP contribution in [-0.2, 0) is 14.8 Å². The molecule has 0 aliphatic heterocycles. The molecule has 4 nitrogen and oxygen atoms in total. The summed E-state index contributed by atoms with van der Waals surface area (Å²) in [7, 11) is -2.13. The largest absolute Gasteiger partial charge is 0.273 e. The van der Waals surface area contributed by atoms with Crippen LogP contribution < -0.4 is 0 Å². The van der Waals surface area contributed by atoms with Gasteiger partial charge in [0.25, 0.3) is 0 Å². The highest BCUT2D eigenvalue weighted by Crippen LogP contribution is 2.17. The zero-order valence-electron chi connectivity index (χ0n) is 8.08. The van der Waals surface area contributed by atoms with Gasteiger partial charge in [-0.2, -0.15) is 0 Å². The lowest BCUT2D eigenvalue weighted by atomic mass is 9.96. The van der Waals surface area contributed by atoms with Crippen LogP contribution in [0.2, 0.25) is 0 Å². The Balaban J connectivity index is 4.77. The van der Waals surface area contributed by atoms with Gasteiger partial charge in [-0.15, -0.1) is 0 Å². The minimum Gasteiger partial charge on any atom is -0.273 e. The van der Waals surface area contributed by atoms with Crippen molar-refractivity contribution in [3.05, 3.63) is 0 Å². The minimum atomic E-state index is -3.40. The Labute approximate surface area is 73.6 Å². The molecule has 0 saturated carbocycles. The van der Waals surface area contributed by atoms with Crippen LogP contribution in [-0.4, -0.2) is 31.9 Å². The van der Waals surface area contributed by atoms with E-state index in [1.165, 1.54) is 7.05 Å². The Morgan fingerprint density at radius 2 is 1.58 bits per heavy atom. The highest BCUT2D eigenvalue weighted by atomic mass is 32.2. The summed E-state index contributed by atoms with van der Waals surface area (Å²) in [6, 6.07) is 0. The van der Waals surface area contributed by atoms with E-state index in [9.17, 15) is 13.2 Å². The summed E-state index contributed by atoms with van der Waals surface area (Å²) in [5.41, 5.74) is -0.655. The van der Waals surface area contributed by atoms with Crippen molar-refractivity contribution in [2.75, 3.05) is 13.3 Å². The van der Waals surface area contributed by atoms with Crippen molar-refractivity contribution in [1.82, 2.24) is 4.31 Å². The van der Waals surface area contributed by atoms with Crippen LogP contribution >= 0.6 is 0 Å². The number of rotatable bonds is 1. The normalized spacial score (nSPS) is 12.8. The molecule has 0 aromatic rings. The van der Waals surface area contributed by atoms with Crippen LogP contribution in [0.25, 0.3) is 0 Å². The van der Waals surface area contributed by atoms with E-state index in [4.69, 9.17) is 0 Å². The molecule has 0 aromatic carbocycles. The fourth-order valence-corrected chi connectivity index (χ4v) is 1.20. The molecule has 72 valence electrons. The van der Waals surface area contributed by atoms with E-state index in [2.05, 4.69) is 0 Å². The van der Waals surface area contributed by atoms with Crippen molar-refractivity contribution >= 4 is 15.9 Å². The molecule has 0 radical (unpaired) electrons. The first-order valence-corrected chi connectivity index (χ1v) is 5.40. The van der Waals surface area contributed by atoms with E-state index < -0.39 is 21.3 Å². The number of nitrogens with zero attached hydrogens (tertiary/aromatic N) is 1. The summed E-state index contributed by atoms with van der Waals surface area (Å²) in [6.07, 6.45) is 1.01. The van der Waals surface area contributed by atoms with Crippen molar-refractivity contribution in [2.45, 2.75) is 20.8 Å². The lowest BCUT2D eigenvalue weighted by molar-refractivity contribution is -0.133. The maximum absolute atomic E-state index is 11.4. The zero-order valence-corrected chi connectivity index (χ0v) is 8.90. The SMILES string of the molecule is CN(C(=O)C(C)(C)C)S(C)(=O)=O. The summed E-state index contributed by atoms with van der Waals surface area (Å²) in [5, 5.41) is 0. The lowest BCUT2D eigenvalue weighted by Gasteiger charge is -2.23. The number of hydrogen-bond donors (Lipinski definition) is 0. The molecule has 0 rings (SSSR count). The molecular weight excluding hydrogens is 178 g/mol. The van der Waals surface area contributed by atoms with Gasteiger partial charge in [0.2, 0.25) is 15.9 Å². The van der Waals surface area contributed by atoms with E-state index in [-0.39, 0.29) is 0 Å². The van der Waals surface area contributed by atoms with Gasteiger partial charge in [-0.25, -0.2) is 12.7 Å². The standard InChI is InChI=1S/C7H15NO3S/c1-7(2,3)6(9)8(4)12(5,10)11/h1-5H3. The molecule has 5 heteroatoms. The molecule has 0 aromatic heterocycles. The van der Waals surface area contributed by atoms with E-state index in [0.717, 1.165) is 10.6 Å². The van der Waals surface area contributed by atoms with Crippen molar-refractivity contribution < 1.29 is 13.2 Å². The van der Waals surface area contributed by atoms with Crippen LogP contribution in [0.3, 0.4) is 0 Å². The summed E-state index contributed by atoms with van der Waals surface area (Å²) in [5.74, 6) is -0.398. The molecule has 0 saturated heterocycles. The van der Waals surface area contributed by atoms with Gasteiger partial charge in [0.1, 0.15) is 0 Å². The Morgan fingerprint density at radius 3 is 1.67 bits per heavy atom. The monoisotopic (exact) mass is 193 g/mol. The predicted molar refractivity (Wildman–Crippen MR) is 47.1 cm³/mol. The minimum absolute atomic E-state index is 0.398. The summed E-state index contributed by atoms with van der Waals surface area (Å²) in [4.78, 5) is 11.4. The van der Waals surface area contributed by atoms with Gasteiger partial charge in [0, 0.05) is 12.5 Å². The van der Waals surface area contributed by atoms with Gasteiger partial charge in [-0.1, -0.05) is 20.8 Å². The molecule has 0 N–H and O–H groups in total. The van der Waals surface area contributed by atoms with E-state index in [1.54, 1.807) is 20.8 Å². The fraction of sp³-hybridized carbons (Fsp3) is 0.857. The molecule has 0 spiro atoms. The van der Waals surface area contributed by atoms with E-state index >= 15 is 0 Å². The van der Waals surface area contributed by atoms with Gasteiger partial charge in [-0.3, -0.25) is 4.79 Å². The average molecular weight is 193 g/mol. The number of amides is 1. The average Bonchev–Trinajstić information content (AvgIpc) is 1.80. The maximum Gasteiger partial charge on any atom is 0.241 e. The smallest absolute Gasteiger partial charge is 0.241 e. The van der Waals surface area contributed by atoms with Crippen molar-refractivity contribution in [1.29, 1.82) is 0 Å². The van der Waals surface area contributed by atoms with Crippen molar-refractivity contribution in [3.8, 4) is 0 Å². The first-order chi connectivity index (χ1) is 5.07. The maximum atomic E-state index is 11.4. The second-order valence-electron chi connectivity index (χ2n) is 3.79. The van der Waals surface area contributed by atoms with E-state index in [0.29, 0.717) is 0 Å². The zero-order chi connectivity index (χ0) is 10.2. The first kappa shape index (κ1) is 11.4. The second kappa shape index (κ2) is 3.05. The Kier molecular flexibility index (Phi) is 2.90. The summed E-state index contributed by atoms with van der Waals surface area (Å²) < 4.78 is 22.6.